The molecule has 1 aromatic rings. The van der Waals surface area contributed by atoms with Gasteiger partial charge in [-0.15, -0.1) is 11.3 Å². The van der Waals surface area contributed by atoms with Crippen molar-refractivity contribution in [2.45, 2.75) is 70.5 Å². The van der Waals surface area contributed by atoms with Gasteiger partial charge in [0.1, 0.15) is 4.90 Å². The zero-order chi connectivity index (χ0) is 15.6. The molecule has 6 heteroatoms. The van der Waals surface area contributed by atoms with Crippen LogP contribution in [0.3, 0.4) is 0 Å². The maximum atomic E-state index is 12.7. The summed E-state index contributed by atoms with van der Waals surface area (Å²) in [5.74, 6) is 0.289. The molecule has 4 nitrogen and oxygen atoms in total. The van der Waals surface area contributed by atoms with Crippen molar-refractivity contribution in [3.63, 3.8) is 0 Å². The second-order valence-corrected chi connectivity index (χ2v) is 8.82. The lowest BCUT2D eigenvalue weighted by Gasteiger charge is -2.21. The highest BCUT2D eigenvalue weighted by molar-refractivity contribution is 7.89. The van der Waals surface area contributed by atoms with E-state index in [4.69, 9.17) is 0 Å². The van der Waals surface area contributed by atoms with Crippen molar-refractivity contribution in [2.24, 2.45) is 5.92 Å². The molecular formula is C15H26N2O2S2. The van der Waals surface area contributed by atoms with E-state index in [1.807, 2.05) is 33.1 Å². The average molecular weight is 331 g/mol. The van der Waals surface area contributed by atoms with Crippen LogP contribution in [-0.2, 0) is 16.6 Å². The van der Waals surface area contributed by atoms with E-state index in [1.54, 1.807) is 0 Å². The molecule has 0 aromatic carbocycles. The predicted octanol–water partition coefficient (Wildman–Crippen LogP) is 3.02. The number of rotatable bonds is 8. The summed E-state index contributed by atoms with van der Waals surface area (Å²) in [6.07, 6.45) is 3.21. The molecular weight excluding hydrogens is 304 g/mol. The quantitative estimate of drug-likeness (QED) is 0.770. The van der Waals surface area contributed by atoms with Crippen LogP contribution in [0.15, 0.2) is 10.3 Å². The monoisotopic (exact) mass is 330 g/mol. The highest BCUT2D eigenvalue weighted by Crippen LogP contribution is 2.29. The minimum Gasteiger partial charge on any atom is -0.309 e. The molecule has 0 aliphatic heterocycles. The van der Waals surface area contributed by atoms with E-state index in [0.29, 0.717) is 17.5 Å². The van der Waals surface area contributed by atoms with Crippen LogP contribution in [0.4, 0.5) is 0 Å². The maximum Gasteiger partial charge on any atom is 0.242 e. The molecule has 2 rings (SSSR count). The van der Waals surface area contributed by atoms with Gasteiger partial charge in [-0.2, -0.15) is 0 Å². The molecule has 1 heterocycles. The number of hydrogen-bond donors (Lipinski definition) is 2. The minimum atomic E-state index is -3.44. The molecule has 1 aromatic heterocycles. The number of hydrogen-bond acceptors (Lipinski definition) is 4. The summed E-state index contributed by atoms with van der Waals surface area (Å²) >= 11 is 1.53. The molecule has 0 bridgehead atoms. The Bertz CT molecular complexity index is 574. The lowest BCUT2D eigenvalue weighted by atomic mass is 10.0. The highest BCUT2D eigenvalue weighted by Gasteiger charge is 2.28. The van der Waals surface area contributed by atoms with Crippen molar-refractivity contribution >= 4 is 21.4 Å². The largest absolute Gasteiger partial charge is 0.309 e. The van der Waals surface area contributed by atoms with Gasteiger partial charge in [-0.25, -0.2) is 13.1 Å². The Hall–Kier alpha value is -0.430. The van der Waals surface area contributed by atoms with Gasteiger partial charge in [0.15, 0.2) is 0 Å². The molecule has 0 radical (unpaired) electrons. The van der Waals surface area contributed by atoms with Crippen LogP contribution in [0.25, 0.3) is 0 Å². The van der Waals surface area contributed by atoms with Gasteiger partial charge in [0.05, 0.1) is 0 Å². The molecule has 1 aliphatic rings. The minimum absolute atomic E-state index is 0.0152. The van der Waals surface area contributed by atoms with Crippen molar-refractivity contribution in [2.75, 3.05) is 0 Å². The third-order valence-electron chi connectivity index (χ3n) is 3.94. The van der Waals surface area contributed by atoms with Gasteiger partial charge in [0, 0.05) is 23.5 Å². The highest BCUT2D eigenvalue weighted by atomic mass is 32.2. The van der Waals surface area contributed by atoms with Gasteiger partial charge < -0.3 is 5.32 Å². The smallest absolute Gasteiger partial charge is 0.242 e. The van der Waals surface area contributed by atoms with Gasteiger partial charge >= 0.3 is 0 Å². The second-order valence-electron chi connectivity index (χ2n) is 6.21. The molecule has 0 spiro atoms. The van der Waals surface area contributed by atoms with Gasteiger partial charge in [-0.1, -0.05) is 20.8 Å². The van der Waals surface area contributed by atoms with Crippen LogP contribution in [0.5, 0.6) is 0 Å². The van der Waals surface area contributed by atoms with E-state index in [0.717, 1.165) is 16.9 Å². The molecule has 2 N–H and O–H groups in total. The Labute approximate surface area is 132 Å². The molecule has 21 heavy (non-hydrogen) atoms. The van der Waals surface area contributed by atoms with Crippen LogP contribution >= 0.6 is 11.3 Å². The van der Waals surface area contributed by atoms with Crippen LogP contribution < -0.4 is 10.0 Å². The Balaban J connectivity index is 2.19. The van der Waals surface area contributed by atoms with Gasteiger partial charge in [0.2, 0.25) is 10.0 Å². The Morgan fingerprint density at radius 1 is 1.38 bits per heavy atom. The molecule has 0 saturated heterocycles. The number of sulfonamides is 1. The fourth-order valence-electron chi connectivity index (χ4n) is 2.44. The fraction of sp³-hybridized carbons (Fsp3) is 0.733. The summed E-state index contributed by atoms with van der Waals surface area (Å²) in [4.78, 5) is 1.41. The van der Waals surface area contributed by atoms with Crippen LogP contribution in [-0.4, -0.2) is 20.5 Å². The predicted molar refractivity (Wildman–Crippen MR) is 88.2 cm³/mol. The normalized spacial score (nSPS) is 17.4. The van der Waals surface area contributed by atoms with E-state index >= 15 is 0 Å². The van der Waals surface area contributed by atoms with Crippen LogP contribution in [0, 0.1) is 12.8 Å². The SMILES string of the molecule is CCC(NS(=O)(=O)c1c(C)csc1CNC1CC1)C(C)C. The standard InChI is InChI=1S/C15H26N2O2S2/c1-5-13(10(2)3)17-21(18,19)15-11(4)9-20-14(15)8-16-12-6-7-12/h9-10,12-13,16-17H,5-8H2,1-4H3. The second kappa shape index (κ2) is 6.77. The summed E-state index contributed by atoms with van der Waals surface area (Å²) in [5.41, 5.74) is 0.846. The number of nitrogens with one attached hydrogen (secondary N) is 2. The van der Waals surface area contributed by atoms with E-state index in [1.165, 1.54) is 24.2 Å². The third-order valence-corrected chi connectivity index (χ3v) is 6.89. The molecule has 1 aliphatic carbocycles. The first kappa shape index (κ1) is 16.9. The summed E-state index contributed by atoms with van der Waals surface area (Å²) in [6.45, 7) is 8.64. The Morgan fingerprint density at radius 3 is 2.57 bits per heavy atom. The summed E-state index contributed by atoms with van der Waals surface area (Å²) in [7, 11) is -3.44. The van der Waals surface area contributed by atoms with Gasteiger partial charge in [0.25, 0.3) is 0 Å². The molecule has 1 fully saturated rings. The van der Waals surface area contributed by atoms with Crippen molar-refractivity contribution in [1.29, 1.82) is 0 Å². The van der Waals surface area contributed by atoms with Gasteiger partial charge in [-0.05, 0) is 43.0 Å². The van der Waals surface area contributed by atoms with E-state index in [9.17, 15) is 8.42 Å². The maximum absolute atomic E-state index is 12.7. The van der Waals surface area contributed by atoms with Crippen LogP contribution in [0.1, 0.15) is 50.5 Å². The first-order chi connectivity index (χ1) is 9.85. The van der Waals surface area contributed by atoms with E-state index < -0.39 is 10.0 Å². The van der Waals surface area contributed by atoms with Crippen molar-refractivity contribution in [1.82, 2.24) is 10.0 Å². The zero-order valence-corrected chi connectivity index (χ0v) is 14.9. The Morgan fingerprint density at radius 2 is 2.05 bits per heavy atom. The van der Waals surface area contributed by atoms with E-state index in [-0.39, 0.29) is 12.0 Å². The zero-order valence-electron chi connectivity index (χ0n) is 13.3. The summed E-state index contributed by atoms with van der Waals surface area (Å²) in [5, 5.41) is 5.35. The van der Waals surface area contributed by atoms with Crippen LogP contribution in [0.2, 0.25) is 0 Å². The molecule has 1 atom stereocenters. The summed E-state index contributed by atoms with van der Waals surface area (Å²) in [6, 6.07) is 0.563. The molecule has 120 valence electrons. The van der Waals surface area contributed by atoms with Crippen molar-refractivity contribution in [3.05, 3.63) is 15.8 Å². The van der Waals surface area contributed by atoms with Gasteiger partial charge in [-0.3, -0.25) is 0 Å². The lowest BCUT2D eigenvalue weighted by Crippen LogP contribution is -2.38. The van der Waals surface area contributed by atoms with E-state index in [2.05, 4.69) is 10.0 Å². The number of thiophene rings is 1. The fourth-order valence-corrected chi connectivity index (χ4v) is 5.67. The topological polar surface area (TPSA) is 58.2 Å². The summed E-state index contributed by atoms with van der Waals surface area (Å²) < 4.78 is 28.4. The first-order valence-corrected chi connectivity index (χ1v) is 10.0. The molecule has 0 amide bonds. The average Bonchev–Trinajstić information content (AvgIpc) is 3.16. The van der Waals surface area contributed by atoms with Crippen molar-refractivity contribution < 1.29 is 8.42 Å². The Kier molecular flexibility index (Phi) is 5.46. The number of aryl methyl sites for hydroxylation is 1. The lowest BCUT2D eigenvalue weighted by molar-refractivity contribution is 0.437. The molecule has 1 unspecified atom stereocenters. The third kappa shape index (κ3) is 4.28. The molecule has 1 saturated carbocycles. The van der Waals surface area contributed by atoms with Crippen molar-refractivity contribution in [3.8, 4) is 0 Å². The first-order valence-electron chi connectivity index (χ1n) is 7.67.